The quantitative estimate of drug-likeness (QED) is 0.180. The van der Waals surface area contributed by atoms with Gasteiger partial charge in [-0.1, -0.05) is 43.0 Å². The van der Waals surface area contributed by atoms with E-state index in [-0.39, 0.29) is 0 Å². The van der Waals surface area contributed by atoms with Crippen LogP contribution >= 0.6 is 0 Å². The smallest absolute Gasteiger partial charge is 0.161 e. The van der Waals surface area contributed by atoms with Crippen molar-refractivity contribution in [3.05, 3.63) is 149 Å². The van der Waals surface area contributed by atoms with Gasteiger partial charge in [0.05, 0.1) is 46.1 Å². The second-order valence-corrected chi connectivity index (χ2v) is 11.1. The first-order chi connectivity index (χ1) is 22.3. The van der Waals surface area contributed by atoms with Crippen molar-refractivity contribution >= 4 is 22.6 Å². The van der Waals surface area contributed by atoms with Gasteiger partial charge in [0.25, 0.3) is 0 Å². The van der Waals surface area contributed by atoms with Gasteiger partial charge in [-0.3, -0.25) is 0 Å². The molecule has 0 N–H and O–H groups in total. The van der Waals surface area contributed by atoms with Crippen LogP contribution in [0.4, 0.5) is 0 Å². The molecule has 6 heteroatoms. The lowest BCUT2D eigenvalue weighted by molar-refractivity contribution is 1.02. The molecule has 0 saturated heterocycles. The number of aromatic nitrogens is 3. The van der Waals surface area contributed by atoms with Crippen LogP contribution in [0.3, 0.4) is 0 Å². The Balaban J connectivity index is 1.69. The standard InChI is InChI=1S/C40H28N6/c1-5-31(32-10-6-8-28(17-32)22-41)20-36-27(4)46(38-15-13-34(21-37(36)38)33-11-7-9-29(18-33)23-42)39-19-30(24-43)12-14-35(39)40-44-25(2)16-26(3)45-40/h5-21H,1H2,2-4H3/b31-20+. The second kappa shape index (κ2) is 12.2. The average Bonchev–Trinajstić information content (AvgIpc) is 3.35. The summed E-state index contributed by atoms with van der Waals surface area (Å²) in [5.41, 5.74) is 11.4. The zero-order valence-corrected chi connectivity index (χ0v) is 25.7. The van der Waals surface area contributed by atoms with Crippen LogP contribution in [0.5, 0.6) is 0 Å². The van der Waals surface area contributed by atoms with E-state index in [1.54, 1.807) is 24.3 Å². The summed E-state index contributed by atoms with van der Waals surface area (Å²) < 4.78 is 2.15. The van der Waals surface area contributed by atoms with E-state index in [4.69, 9.17) is 9.97 Å². The first kappa shape index (κ1) is 29.5. The van der Waals surface area contributed by atoms with Crippen molar-refractivity contribution in [1.82, 2.24) is 14.5 Å². The lowest BCUT2D eigenvalue weighted by atomic mass is 9.97. The first-order valence-corrected chi connectivity index (χ1v) is 14.7. The van der Waals surface area contributed by atoms with Crippen LogP contribution in [0.15, 0.2) is 104 Å². The molecule has 6 nitrogen and oxygen atoms in total. The van der Waals surface area contributed by atoms with E-state index >= 15 is 0 Å². The maximum absolute atomic E-state index is 9.91. The lowest BCUT2D eigenvalue weighted by Gasteiger charge is -2.15. The van der Waals surface area contributed by atoms with Gasteiger partial charge < -0.3 is 4.57 Å². The fourth-order valence-corrected chi connectivity index (χ4v) is 5.89. The molecule has 0 unspecified atom stereocenters. The van der Waals surface area contributed by atoms with Crippen LogP contribution in [0.25, 0.3) is 50.8 Å². The van der Waals surface area contributed by atoms with E-state index in [2.05, 4.69) is 54.5 Å². The number of fused-ring (bicyclic) bond motifs is 1. The van der Waals surface area contributed by atoms with Crippen LogP contribution in [0.1, 0.15) is 44.9 Å². The molecule has 0 aliphatic heterocycles. The van der Waals surface area contributed by atoms with Gasteiger partial charge in [0.15, 0.2) is 5.82 Å². The number of allylic oxidation sites excluding steroid dienone is 2. The summed E-state index contributed by atoms with van der Waals surface area (Å²) in [5, 5.41) is 30.0. The van der Waals surface area contributed by atoms with Crippen molar-refractivity contribution in [2.75, 3.05) is 0 Å². The SMILES string of the molecule is C=C/C(=C\c1c(C)n(-c2cc(C#N)ccc2-c2nc(C)cc(C)n2)c2ccc(-c3cccc(C#N)c3)cc12)c1cccc(C#N)c1. The van der Waals surface area contributed by atoms with E-state index in [0.717, 1.165) is 67.1 Å². The minimum absolute atomic E-state index is 0.520. The Bertz CT molecular complexity index is 2330. The van der Waals surface area contributed by atoms with Crippen LogP contribution in [-0.4, -0.2) is 14.5 Å². The first-order valence-electron chi connectivity index (χ1n) is 14.7. The van der Waals surface area contributed by atoms with Crippen molar-refractivity contribution in [2.24, 2.45) is 0 Å². The molecule has 2 heterocycles. The normalized spacial score (nSPS) is 11.1. The lowest BCUT2D eigenvalue weighted by Crippen LogP contribution is -2.03. The van der Waals surface area contributed by atoms with E-state index in [1.807, 2.05) is 74.5 Å². The summed E-state index contributed by atoms with van der Waals surface area (Å²) in [6, 6.07) is 35.6. The fourth-order valence-electron chi connectivity index (χ4n) is 5.89. The zero-order valence-electron chi connectivity index (χ0n) is 25.7. The van der Waals surface area contributed by atoms with Crippen LogP contribution in [-0.2, 0) is 0 Å². The Hall–Kier alpha value is -6.55. The van der Waals surface area contributed by atoms with Gasteiger partial charge in [-0.05, 0) is 110 Å². The Morgan fingerprint density at radius 2 is 1.37 bits per heavy atom. The molecular formula is C40H28N6. The van der Waals surface area contributed by atoms with Crippen LogP contribution in [0.2, 0.25) is 0 Å². The molecule has 0 fully saturated rings. The zero-order chi connectivity index (χ0) is 32.4. The number of hydrogen-bond donors (Lipinski definition) is 0. The molecule has 0 bridgehead atoms. The number of rotatable bonds is 6. The number of nitriles is 3. The van der Waals surface area contributed by atoms with Gasteiger partial charge in [-0.2, -0.15) is 15.8 Å². The van der Waals surface area contributed by atoms with Gasteiger partial charge in [0, 0.05) is 33.6 Å². The van der Waals surface area contributed by atoms with Crippen molar-refractivity contribution < 1.29 is 0 Å². The molecule has 0 amide bonds. The average molecular weight is 593 g/mol. The van der Waals surface area contributed by atoms with Crippen molar-refractivity contribution in [1.29, 1.82) is 15.8 Å². The molecule has 0 atom stereocenters. The molecule has 218 valence electrons. The highest BCUT2D eigenvalue weighted by atomic mass is 15.0. The number of nitrogens with zero attached hydrogens (tertiary/aromatic N) is 6. The van der Waals surface area contributed by atoms with E-state index in [0.29, 0.717) is 22.5 Å². The summed E-state index contributed by atoms with van der Waals surface area (Å²) in [6.45, 7) is 10.0. The maximum atomic E-state index is 9.91. The monoisotopic (exact) mass is 592 g/mol. The van der Waals surface area contributed by atoms with Crippen LogP contribution in [0, 0.1) is 54.8 Å². The third kappa shape index (κ3) is 5.46. The number of hydrogen-bond acceptors (Lipinski definition) is 5. The molecule has 4 aromatic carbocycles. The summed E-state index contributed by atoms with van der Waals surface area (Å²) in [4.78, 5) is 9.53. The van der Waals surface area contributed by atoms with Gasteiger partial charge in [-0.25, -0.2) is 9.97 Å². The molecule has 6 aromatic rings. The van der Waals surface area contributed by atoms with Gasteiger partial charge in [-0.15, -0.1) is 0 Å². The maximum Gasteiger partial charge on any atom is 0.161 e. The third-order valence-corrected chi connectivity index (χ3v) is 8.01. The van der Waals surface area contributed by atoms with E-state index < -0.39 is 0 Å². The van der Waals surface area contributed by atoms with Gasteiger partial charge in [0.2, 0.25) is 0 Å². The Morgan fingerprint density at radius 1 is 0.717 bits per heavy atom. The number of aryl methyl sites for hydroxylation is 2. The number of benzene rings is 4. The molecule has 0 radical (unpaired) electrons. The minimum atomic E-state index is 0.520. The Labute approximate surface area is 268 Å². The molecule has 0 spiro atoms. The fraction of sp³-hybridized carbons (Fsp3) is 0.0750. The highest BCUT2D eigenvalue weighted by molar-refractivity contribution is 6.01. The summed E-state index contributed by atoms with van der Waals surface area (Å²) >= 11 is 0. The third-order valence-electron chi connectivity index (χ3n) is 8.01. The predicted molar refractivity (Wildman–Crippen MR) is 183 cm³/mol. The Morgan fingerprint density at radius 3 is 2.07 bits per heavy atom. The Kier molecular flexibility index (Phi) is 7.84. The molecule has 0 aliphatic carbocycles. The second-order valence-electron chi connectivity index (χ2n) is 11.1. The van der Waals surface area contributed by atoms with Gasteiger partial charge in [0.1, 0.15) is 0 Å². The largest absolute Gasteiger partial charge is 0.312 e. The van der Waals surface area contributed by atoms with E-state index in [1.165, 1.54) is 0 Å². The van der Waals surface area contributed by atoms with E-state index in [9.17, 15) is 15.8 Å². The molecule has 46 heavy (non-hydrogen) atoms. The molecule has 0 aliphatic rings. The van der Waals surface area contributed by atoms with Crippen molar-refractivity contribution in [3.63, 3.8) is 0 Å². The highest BCUT2D eigenvalue weighted by Gasteiger charge is 2.20. The summed E-state index contributed by atoms with van der Waals surface area (Å²) in [7, 11) is 0. The summed E-state index contributed by atoms with van der Waals surface area (Å²) in [5.74, 6) is 0.584. The molecule has 6 rings (SSSR count). The van der Waals surface area contributed by atoms with Crippen molar-refractivity contribution in [3.8, 4) is 46.4 Å². The molecule has 0 saturated carbocycles. The molecular weight excluding hydrogens is 564 g/mol. The minimum Gasteiger partial charge on any atom is -0.312 e. The van der Waals surface area contributed by atoms with Crippen molar-refractivity contribution in [2.45, 2.75) is 20.8 Å². The summed E-state index contributed by atoms with van der Waals surface area (Å²) in [6.07, 6.45) is 3.89. The van der Waals surface area contributed by atoms with Crippen LogP contribution < -0.4 is 0 Å². The van der Waals surface area contributed by atoms with Gasteiger partial charge >= 0.3 is 0 Å². The molecule has 2 aromatic heterocycles. The highest BCUT2D eigenvalue weighted by Crippen LogP contribution is 2.38. The predicted octanol–water partition coefficient (Wildman–Crippen LogP) is 9.02. The topological polar surface area (TPSA) is 102 Å².